The highest BCUT2D eigenvalue weighted by Crippen LogP contribution is 2.65. The predicted molar refractivity (Wildman–Crippen MR) is 130 cm³/mol. The lowest BCUT2D eigenvalue weighted by Gasteiger charge is -2.61. The minimum Gasteiger partial charge on any atom is -0.493 e. The van der Waals surface area contributed by atoms with Gasteiger partial charge in [-0.1, -0.05) is 6.07 Å². The summed E-state index contributed by atoms with van der Waals surface area (Å²) in [6.45, 7) is 1.89. The van der Waals surface area contributed by atoms with Gasteiger partial charge in [-0.15, -0.1) is 0 Å². The molecule has 222 valence electrons. The third-order valence-corrected chi connectivity index (χ3v) is 8.39. The second-order valence-corrected chi connectivity index (χ2v) is 10.6. The Labute approximate surface area is 232 Å². The van der Waals surface area contributed by atoms with Crippen molar-refractivity contribution in [2.24, 2.45) is 0 Å². The van der Waals surface area contributed by atoms with Crippen LogP contribution in [0.5, 0.6) is 11.5 Å². The SMILES string of the molecule is COc1ccc2c3c1O[C@H]1C(OC(=O)[C@@H](C)OC(=O)CCC(=O)OC(=O)C(F)(F)F)=CC[C@@]4(O)[C@@H](C2)N(C)CC[C@]314. The molecule has 5 rings (SSSR count). The van der Waals surface area contributed by atoms with Crippen molar-refractivity contribution >= 4 is 23.9 Å². The number of aliphatic hydroxyl groups is 1. The average Bonchev–Trinajstić information content (AvgIpc) is 3.26. The second-order valence-electron chi connectivity index (χ2n) is 10.6. The fourth-order valence-corrected chi connectivity index (χ4v) is 6.51. The maximum absolute atomic E-state index is 12.9. The Balaban J connectivity index is 1.29. The number of likely N-dealkylation sites (N-methyl/N-ethyl adjacent to an activating group) is 1. The van der Waals surface area contributed by atoms with Gasteiger partial charge in [0.25, 0.3) is 0 Å². The van der Waals surface area contributed by atoms with Crippen LogP contribution in [0.2, 0.25) is 0 Å². The Morgan fingerprint density at radius 1 is 1.20 bits per heavy atom. The molecular formula is C27H28F3NO10. The molecule has 0 aromatic heterocycles. The smallest absolute Gasteiger partial charge is 0.491 e. The van der Waals surface area contributed by atoms with Gasteiger partial charge in [-0.3, -0.25) is 9.59 Å². The van der Waals surface area contributed by atoms with Gasteiger partial charge < -0.3 is 33.7 Å². The highest BCUT2D eigenvalue weighted by molar-refractivity contribution is 5.90. The summed E-state index contributed by atoms with van der Waals surface area (Å²) in [7, 11) is 3.47. The first-order valence-corrected chi connectivity index (χ1v) is 13.0. The van der Waals surface area contributed by atoms with Gasteiger partial charge in [0.05, 0.1) is 31.0 Å². The van der Waals surface area contributed by atoms with Crippen LogP contribution in [0, 0.1) is 0 Å². The van der Waals surface area contributed by atoms with Crippen molar-refractivity contribution < 1.29 is 61.1 Å². The second kappa shape index (κ2) is 10.0. The molecule has 0 unspecified atom stereocenters. The minimum absolute atomic E-state index is 0.145. The Morgan fingerprint density at radius 3 is 2.59 bits per heavy atom. The van der Waals surface area contributed by atoms with E-state index in [0.29, 0.717) is 30.9 Å². The van der Waals surface area contributed by atoms with Gasteiger partial charge in [-0.2, -0.15) is 13.2 Å². The predicted octanol–water partition coefficient (Wildman–Crippen LogP) is 1.86. The summed E-state index contributed by atoms with van der Waals surface area (Å²) in [6.07, 6.45) is -6.41. The molecule has 2 bridgehead atoms. The monoisotopic (exact) mass is 583 g/mol. The Bertz CT molecular complexity index is 1340. The highest BCUT2D eigenvalue weighted by atomic mass is 19.4. The number of halogens is 3. The number of esters is 4. The maximum Gasteiger partial charge on any atom is 0.491 e. The van der Waals surface area contributed by atoms with Crippen LogP contribution < -0.4 is 9.47 Å². The van der Waals surface area contributed by atoms with Crippen LogP contribution in [0.1, 0.15) is 43.7 Å². The molecule has 0 saturated carbocycles. The number of hydrogen-bond donors (Lipinski definition) is 1. The summed E-state index contributed by atoms with van der Waals surface area (Å²) >= 11 is 0. The van der Waals surface area contributed by atoms with E-state index in [1.165, 1.54) is 14.0 Å². The van der Waals surface area contributed by atoms with Crippen molar-refractivity contribution in [2.45, 2.75) is 74.5 Å². The van der Waals surface area contributed by atoms with Gasteiger partial charge in [0, 0.05) is 18.0 Å². The van der Waals surface area contributed by atoms with Crippen LogP contribution in [0.25, 0.3) is 0 Å². The van der Waals surface area contributed by atoms with Crippen molar-refractivity contribution in [2.75, 3.05) is 20.7 Å². The van der Waals surface area contributed by atoms with Crippen molar-refractivity contribution in [3.63, 3.8) is 0 Å². The Kier molecular flexibility index (Phi) is 7.05. The molecule has 1 fully saturated rings. The number of carbonyl (C=O) groups is 4. The number of carbonyl (C=O) groups excluding carboxylic acids is 4. The molecule has 41 heavy (non-hydrogen) atoms. The first kappa shape index (κ1) is 28.9. The number of benzene rings is 1. The summed E-state index contributed by atoms with van der Waals surface area (Å²) in [6, 6.07) is 3.55. The summed E-state index contributed by atoms with van der Waals surface area (Å²) in [4.78, 5) is 49.3. The molecule has 5 atom stereocenters. The zero-order valence-electron chi connectivity index (χ0n) is 22.4. The van der Waals surface area contributed by atoms with E-state index in [-0.39, 0.29) is 18.2 Å². The van der Waals surface area contributed by atoms with Crippen molar-refractivity contribution in [3.05, 3.63) is 35.1 Å². The van der Waals surface area contributed by atoms with E-state index in [1.54, 1.807) is 12.1 Å². The van der Waals surface area contributed by atoms with Crippen LogP contribution in [-0.4, -0.2) is 84.6 Å². The molecule has 0 amide bonds. The number of ether oxygens (including phenoxy) is 5. The number of likely N-dealkylation sites (tertiary alicyclic amines) is 1. The lowest BCUT2D eigenvalue weighted by Crippen LogP contribution is -2.74. The molecule has 1 aromatic rings. The zero-order valence-corrected chi connectivity index (χ0v) is 22.4. The number of rotatable bonds is 7. The minimum atomic E-state index is -5.36. The average molecular weight is 584 g/mol. The standard InChI is InChI=1S/C27H28F3NO10/c1-13(38-18(32)6-7-19(33)40-24(35)27(28,29)30)23(34)39-16-8-9-26(36)17-12-14-4-5-15(37-3)21-20(14)25(26,22(16)41-21)10-11-31(17)2/h4-5,8,13,17,22,36H,6-7,9-12H2,1-3H3/t13-,17-,22+,25+,26-/m1/s1. The summed E-state index contributed by atoms with van der Waals surface area (Å²) in [5.41, 5.74) is -0.286. The number of piperidine rings is 1. The van der Waals surface area contributed by atoms with Gasteiger partial charge in [-0.05, 0) is 51.1 Å². The van der Waals surface area contributed by atoms with Gasteiger partial charge in [0.1, 0.15) is 5.76 Å². The molecule has 0 radical (unpaired) electrons. The van der Waals surface area contributed by atoms with E-state index in [0.717, 1.165) is 11.1 Å². The quantitative estimate of drug-likeness (QED) is 0.286. The van der Waals surface area contributed by atoms with Crippen molar-refractivity contribution in [3.8, 4) is 11.5 Å². The molecule has 1 N–H and O–H groups in total. The van der Waals surface area contributed by atoms with Crippen LogP contribution in [0.3, 0.4) is 0 Å². The maximum atomic E-state index is 12.9. The number of methoxy groups -OCH3 is 1. The van der Waals surface area contributed by atoms with E-state index in [9.17, 15) is 37.5 Å². The topological polar surface area (TPSA) is 138 Å². The van der Waals surface area contributed by atoms with Crippen LogP contribution in [0.4, 0.5) is 13.2 Å². The zero-order chi connectivity index (χ0) is 29.9. The number of alkyl halides is 3. The summed E-state index contributed by atoms with van der Waals surface area (Å²) in [5.74, 6) is -5.23. The third kappa shape index (κ3) is 4.53. The molecule has 2 aliphatic carbocycles. The molecule has 1 aromatic carbocycles. The summed E-state index contributed by atoms with van der Waals surface area (Å²) in [5, 5.41) is 12.2. The highest BCUT2D eigenvalue weighted by Gasteiger charge is 2.72. The Hall–Kier alpha value is -3.65. The van der Waals surface area contributed by atoms with Crippen LogP contribution in [0.15, 0.2) is 24.0 Å². The van der Waals surface area contributed by atoms with E-state index in [1.807, 2.05) is 13.1 Å². The molecule has 2 aliphatic heterocycles. The molecule has 11 nitrogen and oxygen atoms in total. The molecule has 14 heteroatoms. The van der Waals surface area contributed by atoms with Crippen molar-refractivity contribution in [1.29, 1.82) is 0 Å². The van der Waals surface area contributed by atoms with E-state index in [4.69, 9.17) is 18.9 Å². The van der Waals surface area contributed by atoms with Crippen molar-refractivity contribution in [1.82, 2.24) is 4.90 Å². The van der Waals surface area contributed by atoms with Gasteiger partial charge in [0.2, 0.25) is 0 Å². The third-order valence-electron chi connectivity index (χ3n) is 8.39. The molecule has 4 aliphatic rings. The van der Waals surface area contributed by atoms with Gasteiger partial charge in [-0.25, -0.2) is 9.59 Å². The van der Waals surface area contributed by atoms with Crippen LogP contribution >= 0.6 is 0 Å². The van der Waals surface area contributed by atoms with E-state index < -0.39 is 66.1 Å². The molecule has 1 spiro atoms. The summed E-state index contributed by atoms with van der Waals surface area (Å²) < 4.78 is 62.8. The fraction of sp³-hybridized carbons (Fsp3) is 0.556. The normalized spacial score (nSPS) is 28.4. The van der Waals surface area contributed by atoms with Gasteiger partial charge in [0.15, 0.2) is 23.7 Å². The number of nitrogens with zero attached hydrogens (tertiary/aromatic N) is 1. The number of hydrogen-bond acceptors (Lipinski definition) is 11. The molecule has 1 saturated heterocycles. The molecular weight excluding hydrogens is 555 g/mol. The van der Waals surface area contributed by atoms with E-state index in [2.05, 4.69) is 9.64 Å². The molecule has 2 heterocycles. The van der Waals surface area contributed by atoms with Crippen LogP contribution in [-0.2, 0) is 45.2 Å². The largest absolute Gasteiger partial charge is 0.493 e. The van der Waals surface area contributed by atoms with Gasteiger partial charge >= 0.3 is 30.1 Å². The fourth-order valence-electron chi connectivity index (χ4n) is 6.51. The van der Waals surface area contributed by atoms with E-state index >= 15 is 0 Å². The first-order valence-electron chi connectivity index (χ1n) is 13.0. The first-order chi connectivity index (χ1) is 19.2. The Morgan fingerprint density at radius 2 is 1.90 bits per heavy atom. The lowest BCUT2D eigenvalue weighted by atomic mass is 9.50. The lowest BCUT2D eigenvalue weighted by molar-refractivity contribution is -0.202.